The van der Waals surface area contributed by atoms with Gasteiger partial charge in [-0.15, -0.1) is 0 Å². The fourth-order valence-electron chi connectivity index (χ4n) is 3.16. The van der Waals surface area contributed by atoms with Crippen molar-refractivity contribution in [1.82, 2.24) is 19.7 Å². The number of unbranched alkanes of at least 4 members (excludes halogenated alkanes) is 1. The SMILES string of the molecule is CCCCc1c(C)nn(-c2nc(C)c(C(=O)N3CCOCC3)s2)c1C. The molecule has 6 nitrogen and oxygen atoms in total. The van der Waals surface area contributed by atoms with Crippen molar-refractivity contribution in [2.24, 2.45) is 0 Å². The Morgan fingerprint density at radius 2 is 1.92 bits per heavy atom. The molecule has 3 heterocycles. The fraction of sp³-hybridized carbons (Fsp3) is 0.611. The second-order valence-electron chi connectivity index (χ2n) is 6.48. The summed E-state index contributed by atoms with van der Waals surface area (Å²) in [6, 6.07) is 0. The van der Waals surface area contributed by atoms with Crippen molar-refractivity contribution in [2.75, 3.05) is 26.3 Å². The van der Waals surface area contributed by atoms with E-state index in [0.717, 1.165) is 35.1 Å². The number of amides is 1. The van der Waals surface area contributed by atoms with E-state index in [-0.39, 0.29) is 5.91 Å². The number of aromatic nitrogens is 3. The number of aryl methyl sites for hydroxylation is 2. The Bertz CT molecular complexity index is 759. The molecule has 1 saturated heterocycles. The molecule has 3 rings (SSSR count). The molecule has 7 heteroatoms. The van der Waals surface area contributed by atoms with Crippen LogP contribution in [0, 0.1) is 20.8 Å². The van der Waals surface area contributed by atoms with E-state index in [2.05, 4.69) is 30.9 Å². The van der Waals surface area contributed by atoms with Crippen molar-refractivity contribution < 1.29 is 9.53 Å². The molecule has 1 aliphatic heterocycles. The van der Waals surface area contributed by atoms with Crippen LogP contribution in [0.2, 0.25) is 0 Å². The van der Waals surface area contributed by atoms with Crippen molar-refractivity contribution in [3.8, 4) is 5.13 Å². The molecule has 25 heavy (non-hydrogen) atoms. The van der Waals surface area contributed by atoms with Gasteiger partial charge in [-0.1, -0.05) is 24.7 Å². The molecule has 1 amide bonds. The lowest BCUT2D eigenvalue weighted by Gasteiger charge is -2.26. The molecular formula is C18H26N4O2S. The summed E-state index contributed by atoms with van der Waals surface area (Å²) < 4.78 is 7.23. The van der Waals surface area contributed by atoms with E-state index in [0.29, 0.717) is 31.2 Å². The molecule has 1 fully saturated rings. The van der Waals surface area contributed by atoms with Crippen LogP contribution in [0.15, 0.2) is 0 Å². The van der Waals surface area contributed by atoms with Crippen molar-refractivity contribution in [3.63, 3.8) is 0 Å². The van der Waals surface area contributed by atoms with Crippen LogP contribution in [-0.4, -0.2) is 51.9 Å². The Kier molecular flexibility index (Phi) is 5.54. The van der Waals surface area contributed by atoms with E-state index in [9.17, 15) is 4.79 Å². The molecule has 0 radical (unpaired) electrons. The molecule has 2 aromatic rings. The first-order valence-electron chi connectivity index (χ1n) is 8.92. The van der Waals surface area contributed by atoms with Gasteiger partial charge in [-0.25, -0.2) is 9.67 Å². The van der Waals surface area contributed by atoms with Crippen molar-refractivity contribution in [1.29, 1.82) is 0 Å². The lowest BCUT2D eigenvalue weighted by atomic mass is 10.1. The summed E-state index contributed by atoms with van der Waals surface area (Å²) in [6.07, 6.45) is 3.36. The molecule has 0 N–H and O–H groups in total. The first-order valence-corrected chi connectivity index (χ1v) is 9.74. The summed E-state index contributed by atoms with van der Waals surface area (Å²) >= 11 is 1.43. The number of carbonyl (C=O) groups excluding carboxylic acids is 1. The van der Waals surface area contributed by atoms with E-state index in [1.807, 2.05) is 16.5 Å². The van der Waals surface area contributed by atoms with E-state index in [1.165, 1.54) is 23.3 Å². The average molecular weight is 362 g/mol. The fourth-order valence-corrected chi connectivity index (χ4v) is 4.20. The molecule has 2 aromatic heterocycles. The summed E-state index contributed by atoms with van der Waals surface area (Å²) in [5.41, 5.74) is 4.26. The van der Waals surface area contributed by atoms with Crippen LogP contribution >= 0.6 is 11.3 Å². The summed E-state index contributed by atoms with van der Waals surface area (Å²) in [7, 11) is 0. The van der Waals surface area contributed by atoms with Gasteiger partial charge in [0, 0.05) is 18.8 Å². The predicted molar refractivity (Wildman–Crippen MR) is 98.8 cm³/mol. The highest BCUT2D eigenvalue weighted by atomic mass is 32.1. The predicted octanol–water partition coefficient (Wildman–Crippen LogP) is 3.07. The van der Waals surface area contributed by atoms with Gasteiger partial charge < -0.3 is 9.64 Å². The molecule has 136 valence electrons. The second kappa shape index (κ2) is 7.66. The molecule has 0 saturated carbocycles. The molecule has 0 aliphatic carbocycles. The maximum atomic E-state index is 12.8. The first kappa shape index (κ1) is 18.1. The number of hydrogen-bond acceptors (Lipinski definition) is 5. The summed E-state index contributed by atoms with van der Waals surface area (Å²) in [5.74, 6) is 0.0530. The normalized spacial score (nSPS) is 15.0. The Hall–Kier alpha value is -1.73. The lowest BCUT2D eigenvalue weighted by Crippen LogP contribution is -2.40. The van der Waals surface area contributed by atoms with Crippen LogP contribution < -0.4 is 0 Å². The van der Waals surface area contributed by atoms with Crippen molar-refractivity contribution in [2.45, 2.75) is 47.0 Å². The van der Waals surface area contributed by atoms with Crippen molar-refractivity contribution >= 4 is 17.2 Å². The molecule has 0 spiro atoms. The summed E-state index contributed by atoms with van der Waals surface area (Å²) in [4.78, 5) is 20.0. The quantitative estimate of drug-likeness (QED) is 0.820. The minimum atomic E-state index is 0.0530. The molecule has 1 aliphatic rings. The number of nitrogens with zero attached hydrogens (tertiary/aromatic N) is 4. The van der Waals surface area contributed by atoms with Gasteiger partial charge in [-0.05, 0) is 39.2 Å². The zero-order valence-corrected chi connectivity index (χ0v) is 16.3. The highest BCUT2D eigenvalue weighted by Crippen LogP contribution is 2.26. The van der Waals surface area contributed by atoms with Crippen LogP contribution in [0.5, 0.6) is 0 Å². The van der Waals surface area contributed by atoms with Gasteiger partial charge in [0.25, 0.3) is 5.91 Å². The van der Waals surface area contributed by atoms with Crippen LogP contribution in [0.4, 0.5) is 0 Å². The van der Waals surface area contributed by atoms with E-state index in [1.54, 1.807) is 0 Å². The van der Waals surface area contributed by atoms with Crippen LogP contribution in [-0.2, 0) is 11.2 Å². The molecular weight excluding hydrogens is 336 g/mol. The zero-order chi connectivity index (χ0) is 18.0. The van der Waals surface area contributed by atoms with Crippen LogP contribution in [0.1, 0.15) is 52.1 Å². The second-order valence-corrected chi connectivity index (χ2v) is 7.46. The highest BCUT2D eigenvalue weighted by molar-refractivity contribution is 7.16. The third-order valence-electron chi connectivity index (χ3n) is 4.68. The largest absolute Gasteiger partial charge is 0.378 e. The third-order valence-corrected chi connectivity index (χ3v) is 5.80. The third kappa shape index (κ3) is 3.62. The standard InChI is InChI=1S/C18H26N4O2S/c1-5-6-7-15-12(2)20-22(14(15)4)18-19-13(3)16(25-18)17(23)21-8-10-24-11-9-21/h5-11H2,1-4H3. The minimum Gasteiger partial charge on any atom is -0.378 e. The topological polar surface area (TPSA) is 60.2 Å². The average Bonchev–Trinajstić information content (AvgIpc) is 3.13. The smallest absolute Gasteiger partial charge is 0.266 e. The Balaban J connectivity index is 1.88. The van der Waals surface area contributed by atoms with Gasteiger partial charge in [-0.2, -0.15) is 5.10 Å². The van der Waals surface area contributed by atoms with E-state index >= 15 is 0 Å². The highest BCUT2D eigenvalue weighted by Gasteiger charge is 2.24. The monoisotopic (exact) mass is 362 g/mol. The van der Waals surface area contributed by atoms with Gasteiger partial charge in [0.1, 0.15) is 4.88 Å². The number of rotatable bonds is 5. The Morgan fingerprint density at radius 3 is 2.60 bits per heavy atom. The zero-order valence-electron chi connectivity index (χ0n) is 15.5. The molecule has 0 atom stereocenters. The molecule has 0 aromatic carbocycles. The van der Waals surface area contributed by atoms with Gasteiger partial charge >= 0.3 is 0 Å². The van der Waals surface area contributed by atoms with Gasteiger partial charge in [0.15, 0.2) is 0 Å². The minimum absolute atomic E-state index is 0.0530. The lowest BCUT2D eigenvalue weighted by molar-refractivity contribution is 0.0305. The first-order chi connectivity index (χ1) is 12.0. The number of carbonyl (C=O) groups is 1. The number of thiazole rings is 1. The maximum Gasteiger partial charge on any atom is 0.266 e. The van der Waals surface area contributed by atoms with E-state index < -0.39 is 0 Å². The Labute approximate surface area is 152 Å². The summed E-state index contributed by atoms with van der Waals surface area (Å²) in [5, 5.41) is 5.45. The van der Waals surface area contributed by atoms with E-state index in [4.69, 9.17) is 4.74 Å². The maximum absolute atomic E-state index is 12.8. The van der Waals surface area contributed by atoms with Crippen LogP contribution in [0.25, 0.3) is 5.13 Å². The van der Waals surface area contributed by atoms with Gasteiger partial charge in [0.2, 0.25) is 5.13 Å². The van der Waals surface area contributed by atoms with Gasteiger partial charge in [-0.3, -0.25) is 4.79 Å². The van der Waals surface area contributed by atoms with Crippen LogP contribution in [0.3, 0.4) is 0 Å². The number of ether oxygens (including phenoxy) is 1. The van der Waals surface area contributed by atoms with Crippen molar-refractivity contribution in [3.05, 3.63) is 27.5 Å². The number of hydrogen-bond donors (Lipinski definition) is 0. The summed E-state index contributed by atoms with van der Waals surface area (Å²) in [6.45, 7) is 10.7. The molecule has 0 bridgehead atoms. The number of morpholine rings is 1. The van der Waals surface area contributed by atoms with Gasteiger partial charge in [0.05, 0.1) is 24.6 Å². The molecule has 0 unspecified atom stereocenters. The Morgan fingerprint density at radius 1 is 1.20 bits per heavy atom.